The fraction of sp³-hybridized carbons (Fsp3) is 0.562. The molecule has 1 aliphatic rings. The van der Waals surface area contributed by atoms with Gasteiger partial charge in [0.15, 0.2) is 0 Å². The molecule has 24 heavy (non-hydrogen) atoms. The number of amides is 1. The molecular weight excluding hydrogens is 328 g/mol. The van der Waals surface area contributed by atoms with Gasteiger partial charge in [-0.2, -0.15) is 13.2 Å². The largest absolute Gasteiger partial charge is 0.419 e. The van der Waals surface area contributed by atoms with Gasteiger partial charge in [-0.25, -0.2) is 4.39 Å². The number of alkyl halides is 3. The Labute approximate surface area is 137 Å². The summed E-state index contributed by atoms with van der Waals surface area (Å²) in [6, 6.07) is 2.33. The summed E-state index contributed by atoms with van der Waals surface area (Å²) in [6.45, 7) is 1.89. The Kier molecular flexibility index (Phi) is 6.17. The summed E-state index contributed by atoms with van der Waals surface area (Å²) in [7, 11) is 0. The number of hydrogen-bond donors (Lipinski definition) is 1. The fourth-order valence-corrected chi connectivity index (χ4v) is 2.62. The zero-order valence-corrected chi connectivity index (χ0v) is 13.1. The van der Waals surface area contributed by atoms with E-state index in [1.165, 1.54) is 4.90 Å². The van der Waals surface area contributed by atoms with Gasteiger partial charge < -0.3 is 15.4 Å². The van der Waals surface area contributed by atoms with Gasteiger partial charge in [0, 0.05) is 25.3 Å². The van der Waals surface area contributed by atoms with Crippen molar-refractivity contribution in [3.05, 3.63) is 35.1 Å². The summed E-state index contributed by atoms with van der Waals surface area (Å²) in [5.41, 5.74) is 3.80. The van der Waals surface area contributed by atoms with Gasteiger partial charge in [-0.1, -0.05) is 0 Å². The van der Waals surface area contributed by atoms with Gasteiger partial charge in [0.2, 0.25) is 0 Å². The molecule has 1 aromatic carbocycles. The number of halogens is 4. The van der Waals surface area contributed by atoms with Gasteiger partial charge in [0.25, 0.3) is 5.91 Å². The molecule has 2 N–H and O–H groups in total. The van der Waals surface area contributed by atoms with Crippen molar-refractivity contribution in [3.8, 4) is 0 Å². The Balaban J connectivity index is 1.98. The second-order valence-electron chi connectivity index (χ2n) is 5.70. The van der Waals surface area contributed by atoms with Crippen LogP contribution >= 0.6 is 0 Å². The molecule has 4 nitrogen and oxygen atoms in total. The van der Waals surface area contributed by atoms with E-state index in [0.717, 1.165) is 12.5 Å². The van der Waals surface area contributed by atoms with E-state index in [0.29, 0.717) is 51.2 Å². The van der Waals surface area contributed by atoms with Crippen molar-refractivity contribution in [3.63, 3.8) is 0 Å². The predicted octanol–water partition coefficient (Wildman–Crippen LogP) is 2.81. The molecule has 0 unspecified atom stereocenters. The third kappa shape index (κ3) is 4.67. The number of piperidine rings is 1. The van der Waals surface area contributed by atoms with Crippen LogP contribution in [0.5, 0.6) is 0 Å². The van der Waals surface area contributed by atoms with E-state index in [1.54, 1.807) is 0 Å². The van der Waals surface area contributed by atoms with Crippen molar-refractivity contribution in [1.82, 2.24) is 4.90 Å². The molecule has 0 saturated carbocycles. The smallest absolute Gasteiger partial charge is 0.378 e. The second kappa shape index (κ2) is 7.94. The molecule has 8 heteroatoms. The SMILES string of the molecule is NCCCOC1CCN(C(=O)c2ccc(F)c(C(F)(F)F)c2)CC1. The molecule has 1 aromatic rings. The van der Waals surface area contributed by atoms with E-state index in [2.05, 4.69) is 0 Å². The molecule has 134 valence electrons. The maximum Gasteiger partial charge on any atom is 0.419 e. The van der Waals surface area contributed by atoms with Crippen molar-refractivity contribution >= 4 is 5.91 Å². The highest BCUT2D eigenvalue weighted by Gasteiger charge is 2.35. The standard InChI is InChI=1S/C16H20F4N2O2/c17-14-3-2-11(10-13(14)16(18,19)20)15(23)22-7-4-12(5-8-22)24-9-1-6-21/h2-3,10,12H,1,4-9,21H2. The van der Waals surface area contributed by atoms with Crippen LogP contribution in [0, 0.1) is 5.82 Å². The third-order valence-corrected chi connectivity index (χ3v) is 3.95. The van der Waals surface area contributed by atoms with Crippen LogP contribution < -0.4 is 5.73 Å². The number of ether oxygens (including phenoxy) is 1. The van der Waals surface area contributed by atoms with Crippen LogP contribution in [0.1, 0.15) is 35.2 Å². The van der Waals surface area contributed by atoms with Crippen LogP contribution in [0.25, 0.3) is 0 Å². The first-order chi connectivity index (χ1) is 11.3. The molecule has 0 atom stereocenters. The molecule has 1 heterocycles. The number of nitrogens with zero attached hydrogens (tertiary/aromatic N) is 1. The molecule has 0 aliphatic carbocycles. The quantitative estimate of drug-likeness (QED) is 0.658. The molecule has 0 radical (unpaired) electrons. The second-order valence-corrected chi connectivity index (χ2v) is 5.70. The molecule has 1 aliphatic heterocycles. The maximum absolute atomic E-state index is 13.3. The minimum atomic E-state index is -4.83. The normalized spacial score (nSPS) is 16.5. The van der Waals surface area contributed by atoms with Gasteiger partial charge in [0.05, 0.1) is 11.7 Å². The van der Waals surface area contributed by atoms with E-state index in [9.17, 15) is 22.4 Å². The summed E-state index contributed by atoms with van der Waals surface area (Å²) in [5.74, 6) is -1.91. The lowest BCUT2D eigenvalue weighted by Crippen LogP contribution is -2.41. The Morgan fingerprint density at radius 3 is 2.54 bits per heavy atom. The highest BCUT2D eigenvalue weighted by Crippen LogP contribution is 2.32. The zero-order valence-electron chi connectivity index (χ0n) is 13.1. The first-order valence-electron chi connectivity index (χ1n) is 7.80. The lowest BCUT2D eigenvalue weighted by molar-refractivity contribution is -0.140. The minimum Gasteiger partial charge on any atom is -0.378 e. The van der Waals surface area contributed by atoms with Crippen LogP contribution in [0.2, 0.25) is 0 Å². The average Bonchev–Trinajstić information content (AvgIpc) is 2.54. The van der Waals surface area contributed by atoms with Gasteiger partial charge >= 0.3 is 6.18 Å². The number of likely N-dealkylation sites (tertiary alicyclic amines) is 1. The Morgan fingerprint density at radius 2 is 1.96 bits per heavy atom. The van der Waals surface area contributed by atoms with E-state index in [-0.39, 0.29) is 11.7 Å². The van der Waals surface area contributed by atoms with Crippen LogP contribution in [0.3, 0.4) is 0 Å². The summed E-state index contributed by atoms with van der Waals surface area (Å²) in [5, 5.41) is 0. The number of benzene rings is 1. The van der Waals surface area contributed by atoms with Gasteiger partial charge in [-0.15, -0.1) is 0 Å². The number of nitrogens with two attached hydrogens (primary N) is 1. The summed E-state index contributed by atoms with van der Waals surface area (Å²) < 4.78 is 57.1. The summed E-state index contributed by atoms with van der Waals surface area (Å²) in [4.78, 5) is 13.8. The van der Waals surface area contributed by atoms with Crippen molar-refractivity contribution in [2.45, 2.75) is 31.5 Å². The van der Waals surface area contributed by atoms with Crippen molar-refractivity contribution in [1.29, 1.82) is 0 Å². The predicted molar refractivity (Wildman–Crippen MR) is 80.0 cm³/mol. The number of carbonyl (C=O) groups excluding carboxylic acids is 1. The lowest BCUT2D eigenvalue weighted by Gasteiger charge is -2.32. The third-order valence-electron chi connectivity index (χ3n) is 3.95. The Hall–Kier alpha value is -1.67. The highest BCUT2D eigenvalue weighted by molar-refractivity contribution is 5.94. The first kappa shape index (κ1) is 18.7. The monoisotopic (exact) mass is 348 g/mol. The Bertz CT molecular complexity index is 570. The highest BCUT2D eigenvalue weighted by atomic mass is 19.4. The average molecular weight is 348 g/mol. The molecule has 0 bridgehead atoms. The van der Waals surface area contributed by atoms with Gasteiger partial charge in [0.1, 0.15) is 5.82 Å². The van der Waals surface area contributed by atoms with Gasteiger partial charge in [-0.05, 0) is 44.0 Å². The van der Waals surface area contributed by atoms with Crippen LogP contribution in [0.15, 0.2) is 18.2 Å². The van der Waals surface area contributed by atoms with Crippen LogP contribution in [0.4, 0.5) is 17.6 Å². The molecule has 0 aromatic heterocycles. The van der Waals surface area contributed by atoms with E-state index in [4.69, 9.17) is 10.5 Å². The topological polar surface area (TPSA) is 55.6 Å². The zero-order chi connectivity index (χ0) is 17.7. The summed E-state index contributed by atoms with van der Waals surface area (Å²) in [6.07, 6.45) is -2.81. The lowest BCUT2D eigenvalue weighted by atomic mass is 10.0. The fourth-order valence-electron chi connectivity index (χ4n) is 2.62. The van der Waals surface area contributed by atoms with E-state index in [1.807, 2.05) is 0 Å². The number of carbonyl (C=O) groups is 1. The minimum absolute atomic E-state index is 0.0274. The molecule has 2 rings (SSSR count). The molecule has 1 amide bonds. The molecular formula is C16H20F4N2O2. The number of rotatable bonds is 5. The molecule has 1 saturated heterocycles. The van der Waals surface area contributed by atoms with Crippen molar-refractivity contribution < 1.29 is 27.1 Å². The van der Waals surface area contributed by atoms with E-state index >= 15 is 0 Å². The van der Waals surface area contributed by atoms with Gasteiger partial charge in [-0.3, -0.25) is 4.79 Å². The molecule has 1 fully saturated rings. The van der Waals surface area contributed by atoms with Crippen LogP contribution in [-0.2, 0) is 10.9 Å². The maximum atomic E-state index is 13.3. The molecule has 0 spiro atoms. The Morgan fingerprint density at radius 1 is 1.29 bits per heavy atom. The first-order valence-corrected chi connectivity index (χ1v) is 7.80. The van der Waals surface area contributed by atoms with Crippen molar-refractivity contribution in [2.75, 3.05) is 26.2 Å². The van der Waals surface area contributed by atoms with E-state index < -0.39 is 23.5 Å². The van der Waals surface area contributed by atoms with Crippen LogP contribution in [-0.4, -0.2) is 43.2 Å². The number of hydrogen-bond acceptors (Lipinski definition) is 3. The van der Waals surface area contributed by atoms with Crippen molar-refractivity contribution in [2.24, 2.45) is 5.73 Å². The summed E-state index contributed by atoms with van der Waals surface area (Å²) >= 11 is 0.